The predicted octanol–water partition coefficient (Wildman–Crippen LogP) is 3.83. The summed E-state index contributed by atoms with van der Waals surface area (Å²) in [6.45, 7) is 2.92. The molecular weight excluding hydrogens is 374 g/mol. The van der Waals surface area contributed by atoms with E-state index < -0.39 is 0 Å². The van der Waals surface area contributed by atoms with E-state index in [-0.39, 0.29) is 11.8 Å². The number of carbonyl (C=O) groups is 2. The summed E-state index contributed by atoms with van der Waals surface area (Å²) in [5.41, 5.74) is 4.12. The van der Waals surface area contributed by atoms with E-state index in [2.05, 4.69) is 15.6 Å². The maximum atomic E-state index is 11.7. The molecule has 8 heteroatoms. The number of carbonyl (C=O) groups excluding carboxylic acids is 2. The zero-order chi connectivity index (χ0) is 20.1. The highest BCUT2D eigenvalue weighted by Crippen LogP contribution is 2.31. The van der Waals surface area contributed by atoms with Crippen LogP contribution in [0.4, 0.5) is 11.4 Å². The Morgan fingerprint density at radius 3 is 2.43 bits per heavy atom. The first-order valence-electron chi connectivity index (χ1n) is 9.37. The molecule has 7 nitrogen and oxygen atoms in total. The number of benzene rings is 1. The lowest BCUT2D eigenvalue weighted by Gasteiger charge is -2.15. The highest BCUT2D eigenvalue weighted by atomic mass is 32.1. The van der Waals surface area contributed by atoms with E-state index in [9.17, 15) is 9.59 Å². The Morgan fingerprint density at radius 1 is 1.07 bits per heavy atom. The highest BCUT2D eigenvalue weighted by molar-refractivity contribution is 7.07. The Kier molecular flexibility index (Phi) is 6.41. The lowest BCUT2D eigenvalue weighted by Crippen LogP contribution is -2.16. The van der Waals surface area contributed by atoms with Gasteiger partial charge in [0.2, 0.25) is 16.6 Å². The number of nitrogens with one attached hydrogen (secondary N) is 2. The van der Waals surface area contributed by atoms with Crippen molar-refractivity contribution >= 4 is 40.2 Å². The number of hydrogen-bond donors (Lipinski definition) is 2. The maximum absolute atomic E-state index is 11.7. The van der Waals surface area contributed by atoms with Gasteiger partial charge in [-0.15, -0.1) is 11.3 Å². The molecule has 0 atom stereocenters. The number of aromatic nitrogens is 1. The molecular formula is C20H25N5O2S. The van der Waals surface area contributed by atoms with Gasteiger partial charge in [-0.25, -0.2) is 4.68 Å². The fourth-order valence-electron chi connectivity index (χ4n) is 3.28. The Bertz CT molecular complexity index is 979. The van der Waals surface area contributed by atoms with E-state index in [1.54, 1.807) is 13.1 Å². The SMILES string of the molecule is CN=c1scc(-c2ccc(NC(C)=O)cc2NC(C)=O)n1N=C1CCCCC1. The molecule has 2 aromatic rings. The number of rotatable bonds is 4. The van der Waals surface area contributed by atoms with Gasteiger partial charge >= 0.3 is 0 Å². The van der Waals surface area contributed by atoms with Crippen molar-refractivity contribution < 1.29 is 9.59 Å². The zero-order valence-electron chi connectivity index (χ0n) is 16.4. The molecule has 1 aromatic carbocycles. The third-order valence-corrected chi connectivity index (χ3v) is 5.38. The molecule has 2 amide bonds. The van der Waals surface area contributed by atoms with Crippen molar-refractivity contribution in [2.24, 2.45) is 10.1 Å². The van der Waals surface area contributed by atoms with Gasteiger partial charge in [-0.1, -0.05) is 6.42 Å². The molecule has 3 rings (SSSR count). The van der Waals surface area contributed by atoms with Crippen LogP contribution in [-0.4, -0.2) is 29.2 Å². The molecule has 1 fully saturated rings. The molecule has 0 spiro atoms. The van der Waals surface area contributed by atoms with Crippen LogP contribution >= 0.6 is 11.3 Å². The minimum absolute atomic E-state index is 0.164. The van der Waals surface area contributed by atoms with Crippen LogP contribution in [0.15, 0.2) is 33.7 Å². The van der Waals surface area contributed by atoms with Crippen molar-refractivity contribution in [1.82, 2.24) is 4.68 Å². The second-order valence-corrected chi connectivity index (χ2v) is 7.63. The van der Waals surface area contributed by atoms with E-state index in [1.165, 1.54) is 50.2 Å². The quantitative estimate of drug-likeness (QED) is 0.818. The third kappa shape index (κ3) is 4.75. The van der Waals surface area contributed by atoms with Crippen LogP contribution in [0, 0.1) is 0 Å². The van der Waals surface area contributed by atoms with Crippen LogP contribution in [0.1, 0.15) is 46.0 Å². The van der Waals surface area contributed by atoms with Crippen LogP contribution in [0.2, 0.25) is 0 Å². The first-order valence-corrected chi connectivity index (χ1v) is 10.3. The molecule has 1 heterocycles. The smallest absolute Gasteiger partial charge is 0.221 e. The summed E-state index contributed by atoms with van der Waals surface area (Å²) in [4.78, 5) is 28.3. The monoisotopic (exact) mass is 399 g/mol. The maximum Gasteiger partial charge on any atom is 0.221 e. The topological polar surface area (TPSA) is 87.9 Å². The van der Waals surface area contributed by atoms with Crippen molar-refractivity contribution in [2.45, 2.75) is 46.0 Å². The lowest BCUT2D eigenvalue weighted by molar-refractivity contribution is -0.115. The molecule has 2 N–H and O–H groups in total. The van der Waals surface area contributed by atoms with Gasteiger partial charge in [0.25, 0.3) is 0 Å². The largest absolute Gasteiger partial charge is 0.326 e. The lowest BCUT2D eigenvalue weighted by atomic mass is 9.99. The number of amides is 2. The molecule has 0 aliphatic heterocycles. The Balaban J connectivity index is 2.11. The molecule has 0 radical (unpaired) electrons. The molecule has 1 saturated carbocycles. The molecule has 1 aliphatic rings. The van der Waals surface area contributed by atoms with Crippen LogP contribution < -0.4 is 15.4 Å². The van der Waals surface area contributed by atoms with Crippen molar-refractivity contribution in [3.05, 3.63) is 28.4 Å². The van der Waals surface area contributed by atoms with Gasteiger partial charge in [0, 0.05) is 43.2 Å². The Hall–Kier alpha value is -2.74. The van der Waals surface area contributed by atoms with Gasteiger partial charge in [0.05, 0.1) is 11.4 Å². The first-order chi connectivity index (χ1) is 13.5. The average molecular weight is 400 g/mol. The molecule has 148 valence electrons. The van der Waals surface area contributed by atoms with Crippen LogP contribution in [0.5, 0.6) is 0 Å². The summed E-state index contributed by atoms with van der Waals surface area (Å²) in [5, 5.41) is 12.5. The van der Waals surface area contributed by atoms with Crippen LogP contribution in [0.25, 0.3) is 11.3 Å². The summed E-state index contributed by atoms with van der Waals surface area (Å²) in [6, 6.07) is 5.47. The van der Waals surface area contributed by atoms with Crippen LogP contribution in [-0.2, 0) is 9.59 Å². The molecule has 0 saturated heterocycles. The molecule has 1 aliphatic carbocycles. The standard InChI is InChI=1S/C20H25N5O2S/c1-13(26)22-16-9-10-17(18(11-16)23-14(2)27)19-12-28-20(21-3)25(19)24-15-7-5-4-6-8-15/h9-12H,4-8H2,1-3H3,(H,22,26)(H,23,27). The molecule has 28 heavy (non-hydrogen) atoms. The fourth-order valence-corrected chi connectivity index (χ4v) is 4.06. The number of anilines is 2. The second kappa shape index (κ2) is 8.97. The number of nitrogens with zero attached hydrogens (tertiary/aromatic N) is 3. The normalized spacial score (nSPS) is 14.7. The van der Waals surface area contributed by atoms with E-state index in [4.69, 9.17) is 5.10 Å². The van der Waals surface area contributed by atoms with Crippen molar-refractivity contribution in [3.8, 4) is 11.3 Å². The molecule has 0 unspecified atom stereocenters. The van der Waals surface area contributed by atoms with Crippen molar-refractivity contribution in [2.75, 3.05) is 17.7 Å². The van der Waals surface area contributed by atoms with E-state index in [0.717, 1.165) is 28.9 Å². The highest BCUT2D eigenvalue weighted by Gasteiger charge is 2.15. The minimum Gasteiger partial charge on any atom is -0.326 e. The van der Waals surface area contributed by atoms with Gasteiger partial charge in [-0.2, -0.15) is 5.10 Å². The summed E-state index contributed by atoms with van der Waals surface area (Å²) < 4.78 is 1.87. The summed E-state index contributed by atoms with van der Waals surface area (Å²) >= 11 is 1.51. The molecule has 1 aromatic heterocycles. The van der Waals surface area contributed by atoms with Gasteiger partial charge in [0.1, 0.15) is 0 Å². The summed E-state index contributed by atoms with van der Waals surface area (Å²) in [7, 11) is 1.75. The van der Waals surface area contributed by atoms with E-state index >= 15 is 0 Å². The van der Waals surface area contributed by atoms with Gasteiger partial charge < -0.3 is 10.6 Å². The van der Waals surface area contributed by atoms with Gasteiger partial charge in [-0.05, 0) is 43.9 Å². The summed E-state index contributed by atoms with van der Waals surface area (Å²) in [6.07, 6.45) is 5.60. The number of thiazole rings is 1. The Labute approximate surface area is 168 Å². The van der Waals surface area contributed by atoms with Crippen molar-refractivity contribution in [1.29, 1.82) is 0 Å². The van der Waals surface area contributed by atoms with E-state index in [1.807, 2.05) is 22.2 Å². The predicted molar refractivity (Wildman–Crippen MR) is 114 cm³/mol. The van der Waals surface area contributed by atoms with Gasteiger partial charge in [-0.3, -0.25) is 14.6 Å². The fraction of sp³-hybridized carbons (Fsp3) is 0.400. The Morgan fingerprint density at radius 2 is 1.79 bits per heavy atom. The third-order valence-electron chi connectivity index (χ3n) is 4.48. The minimum atomic E-state index is -0.179. The summed E-state index contributed by atoms with van der Waals surface area (Å²) in [5.74, 6) is -0.343. The van der Waals surface area contributed by atoms with E-state index in [0.29, 0.717) is 11.4 Å². The molecule has 0 bridgehead atoms. The van der Waals surface area contributed by atoms with Crippen LogP contribution in [0.3, 0.4) is 0 Å². The van der Waals surface area contributed by atoms with Crippen molar-refractivity contribution in [3.63, 3.8) is 0 Å². The average Bonchev–Trinajstić information content (AvgIpc) is 3.04. The number of hydrogen-bond acceptors (Lipinski definition) is 5. The zero-order valence-corrected chi connectivity index (χ0v) is 17.2. The van der Waals surface area contributed by atoms with Gasteiger partial charge in [0.15, 0.2) is 0 Å². The first kappa shape index (κ1) is 20.0. The second-order valence-electron chi connectivity index (χ2n) is 6.79.